The van der Waals surface area contributed by atoms with Gasteiger partial charge in [-0.25, -0.2) is 13.1 Å². The van der Waals surface area contributed by atoms with Crippen molar-refractivity contribution in [3.63, 3.8) is 0 Å². The van der Waals surface area contributed by atoms with E-state index in [9.17, 15) is 34.4 Å². The third-order valence-corrected chi connectivity index (χ3v) is 7.05. The predicted molar refractivity (Wildman–Crippen MR) is 122 cm³/mol. The summed E-state index contributed by atoms with van der Waals surface area (Å²) in [5.41, 5.74) is -0.402. The van der Waals surface area contributed by atoms with Gasteiger partial charge in [-0.15, -0.1) is 0 Å². The van der Waals surface area contributed by atoms with Gasteiger partial charge in [0.1, 0.15) is 4.90 Å². The van der Waals surface area contributed by atoms with E-state index in [0.29, 0.717) is 13.1 Å². The van der Waals surface area contributed by atoms with E-state index in [-0.39, 0.29) is 30.9 Å². The maximum absolute atomic E-state index is 11.8. The maximum Gasteiger partial charge on any atom is 0.296 e. The number of nitrogens with one attached hydrogen (secondary N) is 3. The SMILES string of the molecule is CS(=O)(=O)NCCNc1nc(Nc2cc(S(=O)(=O)O)ccc2S(=O)(=O)O)nc(N2CCCC2)n1. The quantitative estimate of drug-likeness (QED) is 0.193. The van der Waals surface area contributed by atoms with Crippen molar-refractivity contribution < 1.29 is 34.4 Å². The normalized spacial score (nSPS) is 14.9. The maximum atomic E-state index is 11.8. The van der Waals surface area contributed by atoms with Crippen molar-refractivity contribution in [3.8, 4) is 0 Å². The van der Waals surface area contributed by atoms with Crippen molar-refractivity contribution in [1.29, 1.82) is 0 Å². The number of aromatic nitrogens is 3. The minimum Gasteiger partial charge on any atom is -0.353 e. The van der Waals surface area contributed by atoms with Gasteiger partial charge in [0.2, 0.25) is 27.9 Å². The highest BCUT2D eigenvalue weighted by molar-refractivity contribution is 7.88. The Morgan fingerprint density at radius 1 is 0.912 bits per heavy atom. The molecule has 3 rings (SSSR count). The predicted octanol–water partition coefficient (Wildman–Crippen LogP) is -0.330. The lowest BCUT2D eigenvalue weighted by molar-refractivity contribution is 0.479. The molecule has 1 fully saturated rings. The zero-order valence-corrected chi connectivity index (χ0v) is 20.3. The molecular weight excluding hydrogens is 514 g/mol. The summed E-state index contributed by atoms with van der Waals surface area (Å²) in [7, 11) is -12.9. The van der Waals surface area contributed by atoms with Crippen LogP contribution in [0.1, 0.15) is 12.8 Å². The molecule has 0 spiro atoms. The smallest absolute Gasteiger partial charge is 0.296 e. The Morgan fingerprint density at radius 2 is 1.56 bits per heavy atom. The van der Waals surface area contributed by atoms with Crippen molar-refractivity contribution >= 4 is 53.8 Å². The standard InChI is InChI=1S/C16H23N7O8S3/c1-32(24,25)18-7-6-17-14-20-15(22-16(21-14)23-8-2-3-9-23)19-12-10-11(33(26,27)28)4-5-13(12)34(29,30)31/h4-5,10,18H,2-3,6-9H2,1H3,(H,26,27,28)(H,29,30,31)(H2,17,19,20,21,22). The highest BCUT2D eigenvalue weighted by Crippen LogP contribution is 2.28. The lowest BCUT2D eigenvalue weighted by Crippen LogP contribution is -2.28. The molecule has 34 heavy (non-hydrogen) atoms. The molecule has 188 valence electrons. The molecule has 0 radical (unpaired) electrons. The zero-order valence-electron chi connectivity index (χ0n) is 17.8. The van der Waals surface area contributed by atoms with E-state index in [1.165, 1.54) is 0 Å². The van der Waals surface area contributed by atoms with E-state index in [4.69, 9.17) is 0 Å². The van der Waals surface area contributed by atoms with Crippen LogP contribution in [0.3, 0.4) is 0 Å². The highest BCUT2D eigenvalue weighted by Gasteiger charge is 2.22. The first-order valence-corrected chi connectivity index (χ1v) is 14.6. The average Bonchev–Trinajstić information content (AvgIpc) is 3.24. The van der Waals surface area contributed by atoms with Gasteiger partial charge in [-0.2, -0.15) is 31.8 Å². The summed E-state index contributed by atoms with van der Waals surface area (Å²) in [6, 6.07) is 2.43. The Hall–Kier alpha value is -2.64. The van der Waals surface area contributed by atoms with Crippen LogP contribution in [0.4, 0.5) is 23.5 Å². The Balaban J connectivity index is 1.97. The Kier molecular flexibility index (Phi) is 7.58. The van der Waals surface area contributed by atoms with Gasteiger partial charge in [-0.3, -0.25) is 9.11 Å². The Labute approximate surface area is 196 Å². The van der Waals surface area contributed by atoms with E-state index in [1.807, 2.05) is 4.90 Å². The van der Waals surface area contributed by atoms with Crippen LogP contribution in [0.25, 0.3) is 0 Å². The molecule has 15 nitrogen and oxygen atoms in total. The first-order chi connectivity index (χ1) is 15.7. The number of sulfonamides is 1. The van der Waals surface area contributed by atoms with Crippen molar-refractivity contribution in [1.82, 2.24) is 19.7 Å². The lowest BCUT2D eigenvalue weighted by atomic mass is 10.3. The molecule has 2 heterocycles. The molecule has 2 aromatic rings. The minimum atomic E-state index is -4.78. The molecule has 0 amide bonds. The lowest BCUT2D eigenvalue weighted by Gasteiger charge is -2.18. The monoisotopic (exact) mass is 537 g/mol. The van der Waals surface area contributed by atoms with Gasteiger partial charge in [0, 0.05) is 26.2 Å². The van der Waals surface area contributed by atoms with E-state index in [0.717, 1.165) is 37.3 Å². The van der Waals surface area contributed by atoms with Crippen LogP contribution in [0.2, 0.25) is 0 Å². The first-order valence-electron chi connectivity index (χ1n) is 9.78. The minimum absolute atomic E-state index is 0.0361. The van der Waals surface area contributed by atoms with E-state index in [1.54, 1.807) is 0 Å². The summed E-state index contributed by atoms with van der Waals surface area (Å²) in [4.78, 5) is 13.2. The molecule has 1 saturated heterocycles. The summed E-state index contributed by atoms with van der Waals surface area (Å²) >= 11 is 0. The summed E-state index contributed by atoms with van der Waals surface area (Å²) in [6.07, 6.45) is 2.81. The van der Waals surface area contributed by atoms with Crippen molar-refractivity contribution in [3.05, 3.63) is 18.2 Å². The van der Waals surface area contributed by atoms with E-state index >= 15 is 0 Å². The highest BCUT2D eigenvalue weighted by atomic mass is 32.2. The number of nitrogens with zero attached hydrogens (tertiary/aromatic N) is 4. The second-order valence-corrected chi connectivity index (χ2v) is 11.9. The van der Waals surface area contributed by atoms with Crippen LogP contribution in [-0.2, 0) is 30.3 Å². The molecule has 1 aromatic heterocycles. The number of hydrogen-bond donors (Lipinski definition) is 5. The second-order valence-electron chi connectivity index (χ2n) is 7.30. The molecule has 0 atom stereocenters. The number of rotatable bonds is 10. The molecule has 0 bridgehead atoms. The van der Waals surface area contributed by atoms with Crippen LogP contribution in [-0.4, -0.2) is 81.7 Å². The van der Waals surface area contributed by atoms with Crippen LogP contribution >= 0.6 is 0 Å². The van der Waals surface area contributed by atoms with Gasteiger partial charge < -0.3 is 15.5 Å². The molecular formula is C16H23N7O8S3. The number of benzene rings is 1. The third-order valence-electron chi connectivity index (χ3n) is 4.56. The number of hydrogen-bond acceptors (Lipinski definition) is 12. The Morgan fingerprint density at radius 3 is 2.15 bits per heavy atom. The van der Waals surface area contributed by atoms with E-state index < -0.39 is 45.7 Å². The van der Waals surface area contributed by atoms with Gasteiger partial charge in [0.15, 0.2) is 0 Å². The molecule has 0 unspecified atom stereocenters. The van der Waals surface area contributed by atoms with Crippen LogP contribution < -0.4 is 20.3 Å². The summed E-state index contributed by atoms with van der Waals surface area (Å²) in [6.45, 7) is 1.47. The Bertz CT molecular complexity index is 1380. The van der Waals surface area contributed by atoms with Crippen LogP contribution in [0.15, 0.2) is 28.0 Å². The fraction of sp³-hybridized carbons (Fsp3) is 0.438. The molecule has 0 saturated carbocycles. The summed E-state index contributed by atoms with van der Waals surface area (Å²) in [5.74, 6) is 0.0924. The van der Waals surface area contributed by atoms with Gasteiger partial charge in [0.05, 0.1) is 16.8 Å². The molecule has 0 aliphatic carbocycles. The molecule has 18 heteroatoms. The molecule has 1 aromatic carbocycles. The average molecular weight is 538 g/mol. The summed E-state index contributed by atoms with van der Waals surface area (Å²) in [5, 5.41) is 5.38. The topological polar surface area (TPSA) is 221 Å². The van der Waals surface area contributed by atoms with Gasteiger partial charge in [-0.05, 0) is 31.0 Å². The molecule has 5 N–H and O–H groups in total. The van der Waals surface area contributed by atoms with Crippen molar-refractivity contribution in [2.75, 3.05) is 48.0 Å². The van der Waals surface area contributed by atoms with Gasteiger partial charge in [-0.1, -0.05) is 0 Å². The largest absolute Gasteiger partial charge is 0.353 e. The van der Waals surface area contributed by atoms with Crippen molar-refractivity contribution in [2.45, 2.75) is 22.6 Å². The molecule has 1 aliphatic heterocycles. The van der Waals surface area contributed by atoms with E-state index in [2.05, 4.69) is 30.3 Å². The fourth-order valence-corrected chi connectivity index (χ4v) is 4.69. The first kappa shape index (κ1) is 26.0. The van der Waals surface area contributed by atoms with Crippen LogP contribution in [0.5, 0.6) is 0 Å². The fourth-order valence-electron chi connectivity index (χ4n) is 3.08. The zero-order chi connectivity index (χ0) is 25.1. The van der Waals surface area contributed by atoms with Crippen LogP contribution in [0, 0.1) is 0 Å². The third kappa shape index (κ3) is 7.18. The van der Waals surface area contributed by atoms with Gasteiger partial charge in [0.25, 0.3) is 20.2 Å². The van der Waals surface area contributed by atoms with Crippen molar-refractivity contribution in [2.24, 2.45) is 0 Å². The summed E-state index contributed by atoms with van der Waals surface area (Å²) < 4.78 is 90.1. The number of anilines is 4. The van der Waals surface area contributed by atoms with Gasteiger partial charge >= 0.3 is 0 Å². The molecule has 1 aliphatic rings. The second kappa shape index (κ2) is 9.92.